The van der Waals surface area contributed by atoms with E-state index in [1.54, 1.807) is 36.2 Å². The van der Waals surface area contributed by atoms with Crippen molar-refractivity contribution in [2.24, 2.45) is 0 Å². The number of amides is 2. The molecule has 0 saturated carbocycles. The van der Waals surface area contributed by atoms with Crippen LogP contribution in [-0.2, 0) is 11.3 Å². The summed E-state index contributed by atoms with van der Waals surface area (Å²) in [6, 6.07) is 18.2. The molecule has 0 atom stereocenters. The zero-order chi connectivity index (χ0) is 23.1. The Morgan fingerprint density at radius 1 is 1.00 bits per heavy atom. The number of nitrogens with zero attached hydrogens (tertiary/aromatic N) is 3. The van der Waals surface area contributed by atoms with Crippen molar-refractivity contribution in [1.82, 2.24) is 9.88 Å². The predicted octanol–water partition coefficient (Wildman–Crippen LogP) is 4.12. The third-order valence-corrected chi connectivity index (χ3v) is 5.00. The fourth-order valence-electron chi connectivity index (χ4n) is 3.05. The van der Waals surface area contributed by atoms with E-state index in [9.17, 15) is 9.59 Å². The van der Waals surface area contributed by atoms with E-state index in [2.05, 4.69) is 15.6 Å². The maximum atomic E-state index is 12.7. The van der Waals surface area contributed by atoms with E-state index in [-0.39, 0.29) is 11.8 Å². The van der Waals surface area contributed by atoms with Crippen molar-refractivity contribution in [3.63, 3.8) is 0 Å². The smallest absolute Gasteiger partial charge is 0.258 e. The largest absolute Gasteiger partial charge is 0.380 e. The number of carbonyl (C=O) groups is 2. The fourth-order valence-corrected chi connectivity index (χ4v) is 3.21. The Hall–Kier alpha value is -3.42. The summed E-state index contributed by atoms with van der Waals surface area (Å²) in [4.78, 5) is 32.6. The van der Waals surface area contributed by atoms with Crippen LogP contribution in [-0.4, -0.2) is 49.4 Å². The van der Waals surface area contributed by atoms with E-state index in [0.29, 0.717) is 35.2 Å². The van der Waals surface area contributed by atoms with Crippen LogP contribution in [0.3, 0.4) is 0 Å². The number of pyridine rings is 1. The minimum absolute atomic E-state index is 0.0232. The number of halogens is 1. The molecule has 0 fully saturated rings. The van der Waals surface area contributed by atoms with Gasteiger partial charge in [-0.25, -0.2) is 4.98 Å². The number of carbonyl (C=O) groups excluding carboxylic acids is 2. The van der Waals surface area contributed by atoms with Crippen LogP contribution in [0.5, 0.6) is 0 Å². The molecule has 0 saturated heterocycles. The first-order valence-corrected chi connectivity index (χ1v) is 10.5. The van der Waals surface area contributed by atoms with E-state index in [1.807, 2.05) is 55.4 Å². The highest BCUT2D eigenvalue weighted by Gasteiger charge is 2.13. The number of likely N-dealkylation sites (N-methyl/N-ethyl adjacent to an activating group) is 2. The molecule has 32 heavy (non-hydrogen) atoms. The van der Waals surface area contributed by atoms with Gasteiger partial charge in [0, 0.05) is 36.2 Å². The van der Waals surface area contributed by atoms with E-state index in [0.717, 1.165) is 11.3 Å². The second kappa shape index (κ2) is 10.7. The number of benzene rings is 2. The molecular formula is C24H26ClN5O2. The fraction of sp³-hybridized carbons (Fsp3) is 0.208. The number of aromatic nitrogens is 1. The molecule has 8 heteroatoms. The van der Waals surface area contributed by atoms with Gasteiger partial charge in [0.2, 0.25) is 5.91 Å². The van der Waals surface area contributed by atoms with Gasteiger partial charge in [-0.15, -0.1) is 0 Å². The second-order valence-electron chi connectivity index (χ2n) is 7.57. The molecule has 7 nitrogen and oxygen atoms in total. The molecule has 166 valence electrons. The van der Waals surface area contributed by atoms with Crippen LogP contribution in [0.25, 0.3) is 0 Å². The number of anilines is 3. The Kier molecular flexibility index (Phi) is 7.81. The first-order valence-electron chi connectivity index (χ1n) is 10.1. The SMILES string of the molecule is CN(C)CC(=O)N(C)c1ccc(CNc2ccccc2C(=O)Nc2cc(Cl)ccn2)cc1. The van der Waals surface area contributed by atoms with Crippen LogP contribution in [0, 0.1) is 0 Å². The van der Waals surface area contributed by atoms with Crippen molar-refractivity contribution in [3.05, 3.63) is 83.0 Å². The average Bonchev–Trinajstić information content (AvgIpc) is 2.77. The summed E-state index contributed by atoms with van der Waals surface area (Å²) in [6.45, 7) is 0.874. The van der Waals surface area contributed by atoms with Gasteiger partial charge in [0.15, 0.2) is 0 Å². The molecule has 3 rings (SSSR count). The third-order valence-electron chi connectivity index (χ3n) is 4.77. The van der Waals surface area contributed by atoms with Crippen molar-refractivity contribution in [2.45, 2.75) is 6.54 Å². The first-order chi connectivity index (χ1) is 15.3. The van der Waals surface area contributed by atoms with Crippen LogP contribution < -0.4 is 15.5 Å². The lowest BCUT2D eigenvalue weighted by atomic mass is 10.1. The third kappa shape index (κ3) is 6.29. The van der Waals surface area contributed by atoms with E-state index in [4.69, 9.17) is 11.6 Å². The van der Waals surface area contributed by atoms with Crippen LogP contribution in [0.15, 0.2) is 66.9 Å². The Balaban J connectivity index is 1.65. The molecule has 0 aliphatic rings. The molecule has 2 amide bonds. The molecule has 3 aromatic rings. The quantitative estimate of drug-likeness (QED) is 0.538. The molecule has 2 aromatic carbocycles. The predicted molar refractivity (Wildman–Crippen MR) is 129 cm³/mol. The number of rotatable bonds is 8. The molecular weight excluding hydrogens is 426 g/mol. The first kappa shape index (κ1) is 23.2. The van der Waals surface area contributed by atoms with Gasteiger partial charge in [-0.1, -0.05) is 35.9 Å². The summed E-state index contributed by atoms with van der Waals surface area (Å²) in [6.07, 6.45) is 1.54. The van der Waals surface area contributed by atoms with Gasteiger partial charge in [-0.05, 0) is 56.1 Å². The second-order valence-corrected chi connectivity index (χ2v) is 8.01. The average molecular weight is 452 g/mol. The number of nitrogens with one attached hydrogen (secondary N) is 2. The Morgan fingerprint density at radius 3 is 2.41 bits per heavy atom. The number of hydrogen-bond donors (Lipinski definition) is 2. The van der Waals surface area contributed by atoms with Gasteiger partial charge in [-0.3, -0.25) is 9.59 Å². The highest BCUT2D eigenvalue weighted by atomic mass is 35.5. The van der Waals surface area contributed by atoms with Crippen molar-refractivity contribution in [2.75, 3.05) is 43.2 Å². The van der Waals surface area contributed by atoms with Crippen molar-refractivity contribution in [3.8, 4) is 0 Å². The van der Waals surface area contributed by atoms with E-state index < -0.39 is 0 Å². The molecule has 0 unspecified atom stereocenters. The van der Waals surface area contributed by atoms with E-state index in [1.165, 1.54) is 6.20 Å². The van der Waals surface area contributed by atoms with Crippen molar-refractivity contribution >= 4 is 40.6 Å². The zero-order valence-electron chi connectivity index (χ0n) is 18.3. The lowest BCUT2D eigenvalue weighted by Gasteiger charge is -2.20. The number of hydrogen-bond acceptors (Lipinski definition) is 5. The van der Waals surface area contributed by atoms with Gasteiger partial charge in [-0.2, -0.15) is 0 Å². The minimum Gasteiger partial charge on any atom is -0.380 e. The molecule has 1 aromatic heterocycles. The molecule has 0 aliphatic heterocycles. The number of para-hydroxylation sites is 1. The molecule has 0 radical (unpaired) electrons. The molecule has 0 aliphatic carbocycles. The molecule has 0 bridgehead atoms. The highest BCUT2D eigenvalue weighted by molar-refractivity contribution is 6.30. The Morgan fingerprint density at radius 2 is 1.72 bits per heavy atom. The van der Waals surface area contributed by atoms with Crippen LogP contribution in [0.1, 0.15) is 15.9 Å². The van der Waals surface area contributed by atoms with E-state index >= 15 is 0 Å². The van der Waals surface area contributed by atoms with Crippen LogP contribution >= 0.6 is 11.6 Å². The maximum Gasteiger partial charge on any atom is 0.258 e. The molecule has 1 heterocycles. The zero-order valence-corrected chi connectivity index (χ0v) is 19.1. The normalized spacial score (nSPS) is 10.7. The molecule has 2 N–H and O–H groups in total. The summed E-state index contributed by atoms with van der Waals surface area (Å²) in [5.41, 5.74) is 3.05. The standard InChI is InChI=1S/C24H26ClN5O2/c1-29(2)16-23(31)30(3)19-10-8-17(9-11-19)15-27-21-7-5-4-6-20(21)24(32)28-22-14-18(25)12-13-26-22/h4-14,27H,15-16H2,1-3H3,(H,26,28,32). The summed E-state index contributed by atoms with van der Waals surface area (Å²) in [7, 11) is 5.50. The van der Waals surface area contributed by atoms with Crippen LogP contribution in [0.4, 0.5) is 17.2 Å². The lowest BCUT2D eigenvalue weighted by molar-refractivity contribution is -0.118. The van der Waals surface area contributed by atoms with Crippen molar-refractivity contribution < 1.29 is 9.59 Å². The Labute approximate surface area is 193 Å². The molecule has 0 spiro atoms. The monoisotopic (exact) mass is 451 g/mol. The highest BCUT2D eigenvalue weighted by Crippen LogP contribution is 2.20. The van der Waals surface area contributed by atoms with Gasteiger partial charge < -0.3 is 20.4 Å². The summed E-state index contributed by atoms with van der Waals surface area (Å²) in [5, 5.41) is 6.58. The summed E-state index contributed by atoms with van der Waals surface area (Å²) >= 11 is 5.97. The lowest BCUT2D eigenvalue weighted by Crippen LogP contribution is -2.34. The summed E-state index contributed by atoms with van der Waals surface area (Å²) < 4.78 is 0. The van der Waals surface area contributed by atoms with Gasteiger partial charge >= 0.3 is 0 Å². The maximum absolute atomic E-state index is 12.7. The van der Waals surface area contributed by atoms with Gasteiger partial charge in [0.25, 0.3) is 5.91 Å². The summed E-state index contributed by atoms with van der Waals surface area (Å²) in [5.74, 6) is 0.134. The topological polar surface area (TPSA) is 77.6 Å². The van der Waals surface area contributed by atoms with Crippen LogP contribution in [0.2, 0.25) is 5.02 Å². The van der Waals surface area contributed by atoms with Crippen molar-refractivity contribution in [1.29, 1.82) is 0 Å². The Bertz CT molecular complexity index is 1090. The minimum atomic E-state index is -0.278. The van der Waals surface area contributed by atoms with Gasteiger partial charge in [0.05, 0.1) is 12.1 Å². The van der Waals surface area contributed by atoms with Gasteiger partial charge in [0.1, 0.15) is 5.82 Å².